The number of hydrogen-bond acceptors (Lipinski definition) is 4. The number of phenols is 1. The van der Waals surface area contributed by atoms with Gasteiger partial charge < -0.3 is 5.11 Å². The van der Waals surface area contributed by atoms with E-state index in [2.05, 4.69) is 10.1 Å². The normalized spacial score (nSPS) is 10.1. The molecule has 0 bridgehead atoms. The first-order valence-corrected chi connectivity index (χ1v) is 4.15. The minimum Gasteiger partial charge on any atom is -0.508 e. The molecular weight excluding hydrogens is 198 g/mol. The van der Waals surface area contributed by atoms with Crippen molar-refractivity contribution in [3.63, 3.8) is 0 Å². The average molecular weight is 205 g/mol. The Hall–Kier alpha value is -2.37. The zero-order valence-corrected chi connectivity index (χ0v) is 7.54. The quantitative estimate of drug-likeness (QED) is 0.664. The molecule has 0 fully saturated rings. The molecule has 0 spiro atoms. The van der Waals surface area contributed by atoms with Crippen LogP contribution in [-0.4, -0.2) is 19.9 Å². The van der Waals surface area contributed by atoms with E-state index in [-0.39, 0.29) is 5.75 Å². The second kappa shape index (κ2) is 3.41. The summed E-state index contributed by atoms with van der Waals surface area (Å²) in [5, 5.41) is 12.7. The molecule has 0 aliphatic heterocycles. The summed E-state index contributed by atoms with van der Waals surface area (Å²) in [4.78, 5) is 24.1. The van der Waals surface area contributed by atoms with Crippen LogP contribution in [0.3, 0.4) is 0 Å². The van der Waals surface area contributed by atoms with Gasteiger partial charge in [0.15, 0.2) is 0 Å². The van der Waals surface area contributed by atoms with Crippen molar-refractivity contribution in [3.05, 3.63) is 51.3 Å². The van der Waals surface area contributed by atoms with Crippen molar-refractivity contribution in [2.24, 2.45) is 0 Å². The minimum absolute atomic E-state index is 0.0937. The molecule has 2 rings (SSSR count). The van der Waals surface area contributed by atoms with Crippen molar-refractivity contribution in [3.8, 4) is 11.4 Å². The number of aromatic amines is 1. The van der Waals surface area contributed by atoms with Crippen LogP contribution in [0.25, 0.3) is 5.69 Å². The van der Waals surface area contributed by atoms with E-state index in [1.807, 2.05) is 0 Å². The summed E-state index contributed by atoms with van der Waals surface area (Å²) in [6, 6.07) is 5.88. The highest BCUT2D eigenvalue weighted by atomic mass is 16.3. The van der Waals surface area contributed by atoms with E-state index in [9.17, 15) is 9.59 Å². The van der Waals surface area contributed by atoms with Gasteiger partial charge >= 0.3 is 5.69 Å². The lowest BCUT2D eigenvalue weighted by atomic mass is 10.3. The Morgan fingerprint density at radius 1 is 1.20 bits per heavy atom. The summed E-state index contributed by atoms with van der Waals surface area (Å²) < 4.78 is 1.03. The first-order chi connectivity index (χ1) is 7.16. The van der Waals surface area contributed by atoms with Crippen LogP contribution in [0, 0.1) is 0 Å². The lowest BCUT2D eigenvalue weighted by Gasteiger charge is -2.01. The predicted molar refractivity (Wildman–Crippen MR) is 52.1 cm³/mol. The fraction of sp³-hybridized carbons (Fsp3) is 0. The second-order valence-electron chi connectivity index (χ2n) is 2.87. The van der Waals surface area contributed by atoms with Crippen molar-refractivity contribution in [2.75, 3.05) is 0 Å². The third kappa shape index (κ3) is 1.78. The maximum Gasteiger partial charge on any atom is 0.349 e. The van der Waals surface area contributed by atoms with E-state index >= 15 is 0 Å². The van der Waals surface area contributed by atoms with Gasteiger partial charge in [-0.25, -0.2) is 4.79 Å². The Labute approximate surface area is 83.4 Å². The van der Waals surface area contributed by atoms with Gasteiger partial charge in [0.25, 0.3) is 5.56 Å². The molecule has 0 saturated carbocycles. The van der Waals surface area contributed by atoms with Crippen molar-refractivity contribution in [1.82, 2.24) is 14.8 Å². The zero-order chi connectivity index (χ0) is 10.8. The third-order valence-corrected chi connectivity index (χ3v) is 1.81. The number of aromatic nitrogens is 3. The molecule has 76 valence electrons. The fourth-order valence-electron chi connectivity index (χ4n) is 1.13. The Balaban J connectivity index is 2.59. The van der Waals surface area contributed by atoms with E-state index < -0.39 is 11.2 Å². The summed E-state index contributed by atoms with van der Waals surface area (Å²) in [6.45, 7) is 0. The molecule has 2 aromatic rings. The molecule has 0 saturated heterocycles. The number of benzene rings is 1. The molecule has 15 heavy (non-hydrogen) atoms. The third-order valence-electron chi connectivity index (χ3n) is 1.81. The summed E-state index contributed by atoms with van der Waals surface area (Å²) >= 11 is 0. The number of nitrogens with one attached hydrogen (secondary N) is 1. The smallest absolute Gasteiger partial charge is 0.349 e. The van der Waals surface area contributed by atoms with Gasteiger partial charge in [-0.3, -0.25) is 9.78 Å². The SMILES string of the molecule is O=c1cnn(-c2ccc(O)cc2)c(=O)[nH]1. The van der Waals surface area contributed by atoms with E-state index in [1.165, 1.54) is 24.3 Å². The molecule has 0 atom stereocenters. The van der Waals surface area contributed by atoms with Crippen molar-refractivity contribution >= 4 is 0 Å². The molecule has 0 amide bonds. The summed E-state index contributed by atoms with van der Waals surface area (Å²) in [7, 11) is 0. The first kappa shape index (κ1) is 9.20. The van der Waals surface area contributed by atoms with E-state index in [4.69, 9.17) is 5.11 Å². The number of H-pyrrole nitrogens is 1. The molecule has 6 nitrogen and oxygen atoms in total. The zero-order valence-electron chi connectivity index (χ0n) is 7.54. The maximum absolute atomic E-state index is 11.3. The van der Waals surface area contributed by atoms with Gasteiger partial charge in [0.1, 0.15) is 11.9 Å². The topological polar surface area (TPSA) is 88.0 Å². The molecule has 2 N–H and O–H groups in total. The van der Waals surface area contributed by atoms with Crippen LogP contribution < -0.4 is 11.2 Å². The highest BCUT2D eigenvalue weighted by molar-refractivity contribution is 5.35. The highest BCUT2D eigenvalue weighted by Gasteiger charge is 2.00. The molecule has 0 radical (unpaired) electrons. The van der Waals surface area contributed by atoms with Crippen molar-refractivity contribution < 1.29 is 5.11 Å². The Kier molecular flexibility index (Phi) is 2.09. The van der Waals surface area contributed by atoms with Crippen LogP contribution >= 0.6 is 0 Å². The van der Waals surface area contributed by atoms with Crippen molar-refractivity contribution in [2.45, 2.75) is 0 Å². The van der Waals surface area contributed by atoms with Gasteiger partial charge in [0.05, 0.1) is 5.69 Å². The Morgan fingerprint density at radius 2 is 1.87 bits per heavy atom. The number of aromatic hydroxyl groups is 1. The summed E-state index contributed by atoms with van der Waals surface area (Å²) in [6.07, 6.45) is 1.01. The lowest BCUT2D eigenvalue weighted by Crippen LogP contribution is -2.30. The predicted octanol–water partition coefficient (Wildman–Crippen LogP) is -0.374. The van der Waals surface area contributed by atoms with Crippen LogP contribution in [0.5, 0.6) is 5.75 Å². The number of rotatable bonds is 1. The van der Waals surface area contributed by atoms with Crippen molar-refractivity contribution in [1.29, 1.82) is 0 Å². The molecule has 0 aliphatic rings. The van der Waals surface area contributed by atoms with Crippen LogP contribution in [-0.2, 0) is 0 Å². The monoisotopic (exact) mass is 205 g/mol. The minimum atomic E-state index is -0.617. The second-order valence-corrected chi connectivity index (χ2v) is 2.87. The Bertz CT molecular complexity index is 583. The lowest BCUT2D eigenvalue weighted by molar-refractivity contribution is 0.475. The first-order valence-electron chi connectivity index (χ1n) is 4.15. The highest BCUT2D eigenvalue weighted by Crippen LogP contribution is 2.10. The molecule has 6 heteroatoms. The standard InChI is InChI=1S/C9H7N3O3/c13-7-3-1-6(2-4-7)12-9(15)11-8(14)5-10-12/h1-5,13H,(H,11,14,15). The molecule has 1 aromatic heterocycles. The van der Waals surface area contributed by atoms with Crippen LogP contribution in [0.1, 0.15) is 0 Å². The van der Waals surface area contributed by atoms with E-state index in [0.29, 0.717) is 5.69 Å². The van der Waals surface area contributed by atoms with Gasteiger partial charge in [-0.05, 0) is 24.3 Å². The summed E-state index contributed by atoms with van der Waals surface area (Å²) in [5.74, 6) is 0.0937. The van der Waals surface area contributed by atoms with Crippen LogP contribution in [0.15, 0.2) is 40.1 Å². The van der Waals surface area contributed by atoms with E-state index in [0.717, 1.165) is 10.9 Å². The van der Waals surface area contributed by atoms with Gasteiger partial charge in [0.2, 0.25) is 0 Å². The molecule has 1 heterocycles. The van der Waals surface area contributed by atoms with Gasteiger partial charge in [-0.15, -0.1) is 0 Å². The molecule has 1 aromatic carbocycles. The molecule has 0 aliphatic carbocycles. The summed E-state index contributed by atoms with van der Waals surface area (Å²) in [5.41, 5.74) is -0.697. The molecule has 0 unspecified atom stereocenters. The van der Waals surface area contributed by atoms with Crippen LogP contribution in [0.4, 0.5) is 0 Å². The largest absolute Gasteiger partial charge is 0.508 e. The molecular formula is C9H7N3O3. The van der Waals surface area contributed by atoms with Gasteiger partial charge in [-0.1, -0.05) is 0 Å². The van der Waals surface area contributed by atoms with Crippen LogP contribution in [0.2, 0.25) is 0 Å². The number of hydrogen-bond donors (Lipinski definition) is 2. The van der Waals surface area contributed by atoms with Gasteiger partial charge in [-0.2, -0.15) is 9.78 Å². The Morgan fingerprint density at radius 3 is 2.47 bits per heavy atom. The number of phenolic OH excluding ortho intramolecular Hbond substituents is 1. The van der Waals surface area contributed by atoms with Gasteiger partial charge in [0, 0.05) is 0 Å². The average Bonchev–Trinajstić information content (AvgIpc) is 2.20. The maximum atomic E-state index is 11.3. The van der Waals surface area contributed by atoms with E-state index in [1.54, 1.807) is 0 Å². The number of nitrogens with zero attached hydrogens (tertiary/aromatic N) is 2. The fourth-order valence-corrected chi connectivity index (χ4v) is 1.13.